The molecule has 6 nitrogen and oxygen atoms in total. The van der Waals surface area contributed by atoms with Crippen molar-refractivity contribution in [2.24, 2.45) is 0 Å². The van der Waals surface area contributed by atoms with Crippen molar-refractivity contribution >= 4 is 12.2 Å². The largest absolute Gasteiger partial charge is 0.513 e. The molecule has 26 heavy (non-hydrogen) atoms. The van der Waals surface area contributed by atoms with Crippen LogP contribution in [0.25, 0.3) is 6.08 Å². The maximum Gasteiger partial charge on any atom is 0.513 e. The molecule has 0 radical (unpaired) electrons. The summed E-state index contributed by atoms with van der Waals surface area (Å²) in [6.07, 6.45) is 5.16. The number of methoxy groups -OCH3 is 3. The quantitative estimate of drug-likeness (QED) is 0.544. The van der Waals surface area contributed by atoms with Gasteiger partial charge in [-0.2, -0.15) is 0 Å². The second kappa shape index (κ2) is 8.65. The van der Waals surface area contributed by atoms with Gasteiger partial charge in [0.1, 0.15) is 18.1 Å². The average Bonchev–Trinajstić information content (AvgIpc) is 2.60. The highest BCUT2D eigenvalue weighted by Gasteiger charge is 2.31. The minimum atomic E-state index is -0.721. The molecule has 0 aliphatic heterocycles. The summed E-state index contributed by atoms with van der Waals surface area (Å²) in [6.45, 7) is 5.98. The average molecular weight is 362 g/mol. The van der Waals surface area contributed by atoms with E-state index in [-0.39, 0.29) is 12.5 Å². The lowest BCUT2D eigenvalue weighted by atomic mass is 9.84. The van der Waals surface area contributed by atoms with E-state index in [1.807, 2.05) is 20.8 Å². The van der Waals surface area contributed by atoms with E-state index in [0.29, 0.717) is 29.4 Å². The van der Waals surface area contributed by atoms with Crippen LogP contribution in [0.15, 0.2) is 17.9 Å². The van der Waals surface area contributed by atoms with Gasteiger partial charge >= 0.3 is 6.16 Å². The Morgan fingerprint density at radius 1 is 1.15 bits per heavy atom. The molecule has 2 rings (SSSR count). The van der Waals surface area contributed by atoms with Crippen molar-refractivity contribution in [2.75, 3.05) is 27.9 Å². The number of ether oxygens (including phenoxy) is 5. The second-order valence-electron chi connectivity index (χ2n) is 6.00. The summed E-state index contributed by atoms with van der Waals surface area (Å²) < 4.78 is 27.1. The molecule has 0 N–H and O–H groups in total. The molecular formula is C20H26O6. The van der Waals surface area contributed by atoms with Gasteiger partial charge in [-0.05, 0) is 25.8 Å². The molecule has 0 spiro atoms. The molecule has 0 saturated heterocycles. The molecule has 1 aromatic rings. The lowest BCUT2D eigenvalue weighted by Gasteiger charge is -2.28. The van der Waals surface area contributed by atoms with Gasteiger partial charge in [-0.25, -0.2) is 4.79 Å². The van der Waals surface area contributed by atoms with Crippen molar-refractivity contribution < 1.29 is 28.5 Å². The van der Waals surface area contributed by atoms with E-state index in [1.165, 1.54) is 0 Å². The number of fused-ring (bicyclic) bond motifs is 1. The molecule has 0 heterocycles. The fraction of sp³-hybridized carbons (Fsp3) is 0.450. The predicted molar refractivity (Wildman–Crippen MR) is 99.1 cm³/mol. The van der Waals surface area contributed by atoms with Gasteiger partial charge in [-0.3, -0.25) is 0 Å². The Balaban J connectivity index is 2.45. The standard InChI is InChI=1S/C20H26O6/c1-7-8-9-25-20(21)26-14-10-12(2)16-15(11-14)17(22-4)13(3)18(23-5)19(16)24-6/h7-8,11-12H,9-10H2,1-6H3/b8-7+/t12-/m0/s1. The molecule has 6 heteroatoms. The molecule has 1 atom stereocenters. The fourth-order valence-electron chi connectivity index (χ4n) is 3.23. The van der Waals surface area contributed by atoms with Gasteiger partial charge in [-0.15, -0.1) is 0 Å². The zero-order chi connectivity index (χ0) is 19.3. The van der Waals surface area contributed by atoms with Gasteiger partial charge in [0.2, 0.25) is 0 Å². The zero-order valence-corrected chi connectivity index (χ0v) is 16.2. The SMILES string of the molecule is C/C=C/COC(=O)OC1=Cc2c(OC)c(C)c(OC)c(OC)c2[C@@H](C)C1. The number of carbonyl (C=O) groups excluding carboxylic acids is 1. The Morgan fingerprint density at radius 3 is 2.38 bits per heavy atom. The van der Waals surface area contributed by atoms with E-state index in [0.717, 1.165) is 16.7 Å². The monoisotopic (exact) mass is 362 g/mol. The van der Waals surface area contributed by atoms with Crippen molar-refractivity contribution in [1.82, 2.24) is 0 Å². The summed E-state index contributed by atoms with van der Waals surface area (Å²) in [6, 6.07) is 0. The van der Waals surface area contributed by atoms with Crippen LogP contribution in [0.3, 0.4) is 0 Å². The Kier molecular flexibility index (Phi) is 6.55. The number of hydrogen-bond acceptors (Lipinski definition) is 6. The van der Waals surface area contributed by atoms with Crippen LogP contribution in [-0.4, -0.2) is 34.1 Å². The summed E-state index contributed by atoms with van der Waals surface area (Å²) in [7, 11) is 4.83. The molecule has 142 valence electrons. The predicted octanol–water partition coefficient (Wildman–Crippen LogP) is 4.60. The second-order valence-corrected chi connectivity index (χ2v) is 6.00. The van der Waals surface area contributed by atoms with Gasteiger partial charge in [-0.1, -0.05) is 19.1 Å². The molecule has 0 fully saturated rings. The van der Waals surface area contributed by atoms with Crippen LogP contribution in [0.1, 0.15) is 42.9 Å². The maximum atomic E-state index is 11.9. The highest BCUT2D eigenvalue weighted by molar-refractivity contribution is 5.76. The molecule has 0 unspecified atom stereocenters. The first-order chi connectivity index (χ1) is 12.5. The van der Waals surface area contributed by atoms with Crippen LogP contribution >= 0.6 is 0 Å². The van der Waals surface area contributed by atoms with Crippen molar-refractivity contribution in [1.29, 1.82) is 0 Å². The van der Waals surface area contributed by atoms with Crippen LogP contribution < -0.4 is 14.2 Å². The third kappa shape index (κ3) is 3.79. The molecule has 0 aromatic heterocycles. The first-order valence-corrected chi connectivity index (χ1v) is 8.47. The summed E-state index contributed by atoms with van der Waals surface area (Å²) in [5, 5.41) is 0. The van der Waals surface area contributed by atoms with Crippen molar-refractivity contribution in [3.05, 3.63) is 34.6 Å². The molecule has 0 amide bonds. The maximum absolute atomic E-state index is 11.9. The lowest BCUT2D eigenvalue weighted by molar-refractivity contribution is 0.0841. The van der Waals surface area contributed by atoms with E-state index in [2.05, 4.69) is 0 Å². The topological polar surface area (TPSA) is 63.2 Å². The Bertz CT molecular complexity index is 733. The molecule has 1 aromatic carbocycles. The molecule has 1 aliphatic rings. The normalized spacial score (nSPS) is 15.9. The Morgan fingerprint density at radius 2 is 1.81 bits per heavy atom. The number of allylic oxidation sites excluding steroid dienone is 2. The zero-order valence-electron chi connectivity index (χ0n) is 16.2. The molecular weight excluding hydrogens is 336 g/mol. The van der Waals surface area contributed by atoms with E-state index in [9.17, 15) is 4.79 Å². The Labute approximate surface area is 154 Å². The van der Waals surface area contributed by atoms with Crippen LogP contribution in [-0.2, 0) is 9.47 Å². The Hall–Kier alpha value is -2.63. The van der Waals surface area contributed by atoms with E-state index >= 15 is 0 Å². The summed E-state index contributed by atoms with van der Waals surface area (Å²) in [4.78, 5) is 11.9. The summed E-state index contributed by atoms with van der Waals surface area (Å²) in [5.74, 6) is 2.58. The molecule has 0 saturated carbocycles. The summed E-state index contributed by atoms with van der Waals surface area (Å²) in [5.41, 5.74) is 2.63. The first kappa shape index (κ1) is 19.7. The smallest absolute Gasteiger partial charge is 0.496 e. The minimum Gasteiger partial charge on any atom is -0.496 e. The van der Waals surface area contributed by atoms with Crippen molar-refractivity contribution in [3.8, 4) is 17.2 Å². The molecule has 0 bridgehead atoms. The van der Waals surface area contributed by atoms with Gasteiger partial charge in [0.25, 0.3) is 0 Å². The van der Waals surface area contributed by atoms with Gasteiger partial charge < -0.3 is 23.7 Å². The van der Waals surface area contributed by atoms with Gasteiger partial charge in [0.15, 0.2) is 11.5 Å². The molecule has 1 aliphatic carbocycles. The van der Waals surface area contributed by atoms with Crippen LogP contribution in [0.2, 0.25) is 0 Å². The van der Waals surface area contributed by atoms with Crippen molar-refractivity contribution in [2.45, 2.75) is 33.1 Å². The highest BCUT2D eigenvalue weighted by Crippen LogP contribution is 2.50. The number of rotatable bonds is 6. The number of benzene rings is 1. The number of carbonyl (C=O) groups is 1. The van der Waals surface area contributed by atoms with Crippen molar-refractivity contribution in [3.63, 3.8) is 0 Å². The van der Waals surface area contributed by atoms with Crippen LogP contribution in [0.4, 0.5) is 4.79 Å². The van der Waals surface area contributed by atoms with Crippen LogP contribution in [0, 0.1) is 6.92 Å². The fourth-order valence-corrected chi connectivity index (χ4v) is 3.23. The third-order valence-corrected chi connectivity index (χ3v) is 4.33. The van der Waals surface area contributed by atoms with Gasteiger partial charge in [0.05, 0.1) is 21.3 Å². The van der Waals surface area contributed by atoms with Crippen LogP contribution in [0.5, 0.6) is 17.2 Å². The number of hydrogen-bond donors (Lipinski definition) is 0. The van der Waals surface area contributed by atoms with E-state index in [4.69, 9.17) is 23.7 Å². The minimum absolute atomic E-state index is 0.0479. The highest BCUT2D eigenvalue weighted by atomic mass is 16.7. The third-order valence-electron chi connectivity index (χ3n) is 4.33. The first-order valence-electron chi connectivity index (χ1n) is 8.47. The summed E-state index contributed by atoms with van der Waals surface area (Å²) >= 11 is 0. The lowest BCUT2D eigenvalue weighted by Crippen LogP contribution is -2.14. The van der Waals surface area contributed by atoms with Gasteiger partial charge in [0, 0.05) is 23.1 Å². The van der Waals surface area contributed by atoms with E-state index < -0.39 is 6.16 Å². The van der Waals surface area contributed by atoms with E-state index in [1.54, 1.807) is 39.6 Å².